The summed E-state index contributed by atoms with van der Waals surface area (Å²) in [7, 11) is 0. The molecule has 1 aliphatic heterocycles. The predicted molar refractivity (Wildman–Crippen MR) is 109 cm³/mol. The van der Waals surface area contributed by atoms with E-state index in [1.807, 2.05) is 39.2 Å². The normalized spacial score (nSPS) is 16.9. The number of hydrogen-bond acceptors (Lipinski definition) is 6. The van der Waals surface area contributed by atoms with Gasteiger partial charge in [-0.05, 0) is 57.7 Å². The summed E-state index contributed by atoms with van der Waals surface area (Å²) in [6.07, 6.45) is 7.87. The van der Waals surface area contributed by atoms with Gasteiger partial charge in [0.1, 0.15) is 10.8 Å². The molecule has 28 heavy (non-hydrogen) atoms. The van der Waals surface area contributed by atoms with Crippen LogP contribution in [0.15, 0.2) is 30.7 Å². The van der Waals surface area contributed by atoms with Crippen molar-refractivity contribution < 1.29 is 9.53 Å². The molecule has 0 aromatic carbocycles. The second kappa shape index (κ2) is 8.73. The second-order valence-corrected chi connectivity index (χ2v) is 8.23. The van der Waals surface area contributed by atoms with Gasteiger partial charge >= 0.3 is 6.09 Å². The molecule has 0 radical (unpaired) electrons. The molecule has 2 aromatic rings. The largest absolute Gasteiger partial charge is 0.444 e. The number of nitrogens with zero attached hydrogens (tertiary/aromatic N) is 4. The summed E-state index contributed by atoms with van der Waals surface area (Å²) in [5, 5.41) is 3.27. The first-order valence-electron chi connectivity index (χ1n) is 9.49. The quantitative estimate of drug-likeness (QED) is 0.758. The van der Waals surface area contributed by atoms with Gasteiger partial charge in [0.25, 0.3) is 0 Å². The van der Waals surface area contributed by atoms with E-state index in [1.165, 1.54) is 0 Å². The molecule has 1 unspecified atom stereocenters. The number of nitrogens with one attached hydrogen (secondary N) is 1. The van der Waals surface area contributed by atoms with Crippen LogP contribution in [-0.2, 0) is 4.74 Å². The van der Waals surface area contributed by atoms with Crippen LogP contribution in [0.5, 0.6) is 0 Å². The van der Waals surface area contributed by atoms with Gasteiger partial charge in [0.05, 0.1) is 0 Å². The SMILES string of the molecule is CC(C)(C)OC(=O)NCCC1CCCN1c1ncc(-c2ccnc(Cl)c2)cn1. The van der Waals surface area contributed by atoms with Crippen molar-refractivity contribution in [3.8, 4) is 11.1 Å². The van der Waals surface area contributed by atoms with Crippen molar-refractivity contribution in [2.75, 3.05) is 18.0 Å². The van der Waals surface area contributed by atoms with Crippen molar-refractivity contribution in [2.24, 2.45) is 0 Å². The van der Waals surface area contributed by atoms with Crippen LogP contribution in [0.25, 0.3) is 11.1 Å². The topological polar surface area (TPSA) is 80.2 Å². The van der Waals surface area contributed by atoms with Gasteiger partial charge in [-0.3, -0.25) is 0 Å². The number of amides is 1. The lowest BCUT2D eigenvalue weighted by atomic mass is 10.1. The van der Waals surface area contributed by atoms with E-state index in [9.17, 15) is 4.79 Å². The monoisotopic (exact) mass is 403 g/mol. The molecule has 8 heteroatoms. The lowest BCUT2D eigenvalue weighted by molar-refractivity contribution is 0.0526. The predicted octanol–water partition coefficient (Wildman–Crippen LogP) is 4.08. The fraction of sp³-hybridized carbons (Fsp3) is 0.500. The van der Waals surface area contributed by atoms with E-state index in [0.29, 0.717) is 23.7 Å². The maximum absolute atomic E-state index is 11.8. The minimum Gasteiger partial charge on any atom is -0.444 e. The van der Waals surface area contributed by atoms with E-state index in [4.69, 9.17) is 16.3 Å². The molecular weight excluding hydrogens is 378 g/mol. The number of alkyl carbamates (subject to hydrolysis) is 1. The van der Waals surface area contributed by atoms with E-state index in [0.717, 1.165) is 36.9 Å². The molecule has 7 nitrogen and oxygen atoms in total. The zero-order valence-electron chi connectivity index (χ0n) is 16.5. The average Bonchev–Trinajstić information content (AvgIpc) is 3.09. The highest BCUT2D eigenvalue weighted by molar-refractivity contribution is 6.29. The molecule has 3 heterocycles. The Morgan fingerprint density at radius 3 is 2.71 bits per heavy atom. The van der Waals surface area contributed by atoms with Gasteiger partial charge in [-0.25, -0.2) is 19.7 Å². The molecular formula is C20H26ClN5O2. The van der Waals surface area contributed by atoms with Gasteiger partial charge in [-0.1, -0.05) is 11.6 Å². The van der Waals surface area contributed by atoms with Crippen LogP contribution in [0.1, 0.15) is 40.0 Å². The number of carbonyl (C=O) groups is 1. The number of halogens is 1. The smallest absolute Gasteiger partial charge is 0.407 e. The van der Waals surface area contributed by atoms with Gasteiger partial charge in [0.2, 0.25) is 5.95 Å². The van der Waals surface area contributed by atoms with Crippen LogP contribution in [0.2, 0.25) is 5.15 Å². The minimum atomic E-state index is -0.488. The van der Waals surface area contributed by atoms with E-state index >= 15 is 0 Å². The first-order valence-corrected chi connectivity index (χ1v) is 9.87. The van der Waals surface area contributed by atoms with Crippen molar-refractivity contribution in [2.45, 2.75) is 51.7 Å². The third-order valence-electron chi connectivity index (χ3n) is 4.48. The molecule has 0 aliphatic carbocycles. The molecule has 1 saturated heterocycles. The van der Waals surface area contributed by atoms with Crippen LogP contribution in [0.4, 0.5) is 10.7 Å². The zero-order valence-corrected chi connectivity index (χ0v) is 17.2. The van der Waals surface area contributed by atoms with Crippen LogP contribution < -0.4 is 10.2 Å². The molecule has 1 atom stereocenters. The standard InChI is InChI=1S/C20H26ClN5O2/c1-20(2,3)28-19(27)23-9-7-16-5-4-10-26(16)18-24-12-15(13-25-18)14-6-8-22-17(21)11-14/h6,8,11-13,16H,4-5,7,9-10H2,1-3H3,(H,23,27). The highest BCUT2D eigenvalue weighted by Gasteiger charge is 2.26. The summed E-state index contributed by atoms with van der Waals surface area (Å²) in [5.74, 6) is 0.712. The summed E-state index contributed by atoms with van der Waals surface area (Å²) in [6.45, 7) is 7.03. The molecule has 150 valence electrons. The lowest BCUT2D eigenvalue weighted by Gasteiger charge is -2.25. The van der Waals surface area contributed by atoms with Crippen LogP contribution in [0.3, 0.4) is 0 Å². The third kappa shape index (κ3) is 5.55. The fourth-order valence-electron chi connectivity index (χ4n) is 3.25. The fourth-order valence-corrected chi connectivity index (χ4v) is 3.43. The number of rotatable bonds is 5. The second-order valence-electron chi connectivity index (χ2n) is 7.85. The first kappa shape index (κ1) is 20.3. The summed E-state index contributed by atoms with van der Waals surface area (Å²) < 4.78 is 5.28. The van der Waals surface area contributed by atoms with E-state index in [-0.39, 0.29) is 6.09 Å². The van der Waals surface area contributed by atoms with Crippen molar-refractivity contribution >= 4 is 23.6 Å². The Morgan fingerprint density at radius 2 is 2.04 bits per heavy atom. The zero-order chi connectivity index (χ0) is 20.1. The highest BCUT2D eigenvalue weighted by atomic mass is 35.5. The van der Waals surface area contributed by atoms with E-state index < -0.39 is 5.60 Å². The molecule has 1 aliphatic rings. The molecule has 0 bridgehead atoms. The van der Waals surface area contributed by atoms with Gasteiger partial charge in [-0.2, -0.15) is 0 Å². The summed E-state index contributed by atoms with van der Waals surface area (Å²) in [6, 6.07) is 3.97. The molecule has 0 spiro atoms. The number of carbonyl (C=O) groups excluding carboxylic acids is 1. The van der Waals surface area contributed by atoms with E-state index in [2.05, 4.69) is 25.2 Å². The van der Waals surface area contributed by atoms with Crippen LogP contribution in [0, 0.1) is 0 Å². The summed E-state index contributed by atoms with van der Waals surface area (Å²) in [5.41, 5.74) is 1.35. The Bertz CT molecular complexity index is 807. The van der Waals surface area contributed by atoms with Gasteiger partial charge in [-0.15, -0.1) is 0 Å². The first-order chi connectivity index (χ1) is 13.3. The lowest BCUT2D eigenvalue weighted by Crippen LogP contribution is -2.37. The molecule has 0 saturated carbocycles. The number of hydrogen-bond donors (Lipinski definition) is 1. The maximum Gasteiger partial charge on any atom is 0.407 e. The highest BCUT2D eigenvalue weighted by Crippen LogP contribution is 2.26. The number of aromatic nitrogens is 3. The Morgan fingerprint density at radius 1 is 1.29 bits per heavy atom. The average molecular weight is 404 g/mol. The number of anilines is 1. The number of pyridine rings is 1. The van der Waals surface area contributed by atoms with Crippen LogP contribution in [-0.4, -0.2) is 45.8 Å². The molecule has 1 amide bonds. The molecule has 1 N–H and O–H groups in total. The van der Waals surface area contributed by atoms with E-state index in [1.54, 1.807) is 12.3 Å². The van der Waals surface area contributed by atoms with Gasteiger partial charge in [0, 0.05) is 43.3 Å². The van der Waals surface area contributed by atoms with Gasteiger partial charge in [0.15, 0.2) is 0 Å². The Balaban J connectivity index is 1.57. The minimum absolute atomic E-state index is 0.302. The maximum atomic E-state index is 11.8. The molecule has 3 rings (SSSR count). The van der Waals surface area contributed by atoms with Gasteiger partial charge < -0.3 is 15.0 Å². The third-order valence-corrected chi connectivity index (χ3v) is 4.68. The Hall–Kier alpha value is -2.41. The van der Waals surface area contributed by atoms with Crippen LogP contribution >= 0.6 is 11.6 Å². The Kier molecular flexibility index (Phi) is 6.34. The Labute approximate surface area is 170 Å². The molecule has 2 aromatic heterocycles. The number of ether oxygens (including phenoxy) is 1. The summed E-state index contributed by atoms with van der Waals surface area (Å²) in [4.78, 5) is 27.1. The van der Waals surface area contributed by atoms with Crippen molar-refractivity contribution in [1.29, 1.82) is 0 Å². The van der Waals surface area contributed by atoms with Crippen molar-refractivity contribution in [1.82, 2.24) is 20.3 Å². The summed E-state index contributed by atoms with van der Waals surface area (Å²) >= 11 is 5.96. The van der Waals surface area contributed by atoms with Crippen molar-refractivity contribution in [3.05, 3.63) is 35.9 Å². The molecule has 1 fully saturated rings. The van der Waals surface area contributed by atoms with Crippen molar-refractivity contribution in [3.63, 3.8) is 0 Å².